The van der Waals surface area contributed by atoms with E-state index in [0.29, 0.717) is 20.6 Å². The van der Waals surface area contributed by atoms with E-state index in [-0.39, 0.29) is 12.2 Å². The second kappa shape index (κ2) is 13.9. The average molecular weight is 697 g/mol. The van der Waals surface area contributed by atoms with Gasteiger partial charge in [0.15, 0.2) is 4.80 Å². The second-order valence-electron chi connectivity index (χ2n) is 12.4. The van der Waals surface area contributed by atoms with Crippen molar-refractivity contribution < 1.29 is 9.53 Å². The summed E-state index contributed by atoms with van der Waals surface area (Å²) >= 11 is 2.94. The minimum Gasteiger partial charge on any atom is -0.457 e. The van der Waals surface area contributed by atoms with E-state index in [4.69, 9.17) is 14.8 Å². The molecule has 50 heavy (non-hydrogen) atoms. The molecule has 3 heterocycles. The lowest BCUT2D eigenvalue weighted by molar-refractivity contribution is -0.140. The van der Waals surface area contributed by atoms with Crippen molar-refractivity contribution in [1.29, 1.82) is 0 Å². The minimum absolute atomic E-state index is 0.116. The van der Waals surface area contributed by atoms with Crippen molar-refractivity contribution in [1.82, 2.24) is 14.3 Å². The first-order valence-electron chi connectivity index (χ1n) is 16.3. The third-order valence-electron chi connectivity index (χ3n) is 8.85. The molecule has 1 aliphatic heterocycles. The maximum Gasteiger partial charge on any atom is 0.338 e. The standard InChI is InChI=1S/C41H36N4O3S2/c1-25-20-26(2)35(27(3)21-25)37-31(23-44(43-37)32-14-10-7-11-15-32)22-34-39(46)45-38(30-16-18-33(49-5)19-17-30)36(28(4)42-41(45)50-34)40(47)48-24-29-12-8-6-9-13-29/h6-23,38H,24H2,1-5H3. The predicted molar refractivity (Wildman–Crippen MR) is 201 cm³/mol. The summed E-state index contributed by atoms with van der Waals surface area (Å²) in [6.45, 7) is 8.21. The van der Waals surface area contributed by atoms with E-state index in [1.54, 1.807) is 16.3 Å². The molecular formula is C41H36N4O3S2. The number of para-hydroxylation sites is 1. The van der Waals surface area contributed by atoms with Crippen LogP contribution < -0.4 is 14.9 Å². The van der Waals surface area contributed by atoms with Crippen molar-refractivity contribution in [3.8, 4) is 16.9 Å². The maximum atomic E-state index is 14.6. The molecule has 1 atom stereocenters. The first kappa shape index (κ1) is 33.3. The fourth-order valence-electron chi connectivity index (χ4n) is 6.58. The van der Waals surface area contributed by atoms with Crippen LogP contribution in [-0.4, -0.2) is 26.6 Å². The van der Waals surface area contributed by atoms with Crippen molar-refractivity contribution >= 4 is 35.1 Å². The van der Waals surface area contributed by atoms with Crippen LogP contribution in [0.3, 0.4) is 0 Å². The molecule has 0 N–H and O–H groups in total. The van der Waals surface area contributed by atoms with E-state index in [9.17, 15) is 9.59 Å². The molecule has 4 aromatic carbocycles. The molecule has 0 saturated carbocycles. The fraction of sp³-hybridized carbons (Fsp3) is 0.171. The number of allylic oxidation sites excluding steroid dienone is 1. The molecule has 0 bridgehead atoms. The molecule has 6 aromatic rings. The minimum atomic E-state index is -0.708. The first-order valence-corrected chi connectivity index (χ1v) is 18.4. The lowest BCUT2D eigenvalue weighted by atomic mass is 9.95. The third-order valence-corrected chi connectivity index (χ3v) is 10.6. The highest BCUT2D eigenvalue weighted by Gasteiger charge is 2.33. The number of carbonyl (C=O) groups is 1. The van der Waals surface area contributed by atoms with Crippen molar-refractivity contribution in [2.45, 2.75) is 45.2 Å². The number of thiazole rings is 1. The number of hydrogen-bond acceptors (Lipinski definition) is 7. The topological polar surface area (TPSA) is 78.5 Å². The molecule has 250 valence electrons. The van der Waals surface area contributed by atoms with Crippen molar-refractivity contribution in [2.75, 3.05) is 6.26 Å². The number of fused-ring (bicyclic) bond motifs is 1. The summed E-state index contributed by atoms with van der Waals surface area (Å²) in [5.41, 5.74) is 9.29. The van der Waals surface area contributed by atoms with Gasteiger partial charge in [0, 0.05) is 22.2 Å². The zero-order chi connectivity index (χ0) is 34.9. The number of thioether (sulfide) groups is 1. The second-order valence-corrected chi connectivity index (χ2v) is 14.3. The zero-order valence-electron chi connectivity index (χ0n) is 28.5. The lowest BCUT2D eigenvalue weighted by Gasteiger charge is -2.25. The molecule has 0 amide bonds. The van der Waals surface area contributed by atoms with Crippen LogP contribution in [0.1, 0.15) is 46.3 Å². The van der Waals surface area contributed by atoms with Crippen LogP contribution in [0.5, 0.6) is 0 Å². The van der Waals surface area contributed by atoms with Gasteiger partial charge in [0.1, 0.15) is 12.3 Å². The quantitative estimate of drug-likeness (QED) is 0.122. The Hall–Kier alpha value is -5.25. The monoisotopic (exact) mass is 696 g/mol. The van der Waals surface area contributed by atoms with Crippen molar-refractivity contribution in [3.05, 3.63) is 168 Å². The number of esters is 1. The van der Waals surface area contributed by atoms with Gasteiger partial charge in [0.2, 0.25) is 0 Å². The van der Waals surface area contributed by atoms with Gasteiger partial charge in [0.25, 0.3) is 5.56 Å². The van der Waals surface area contributed by atoms with Gasteiger partial charge in [-0.1, -0.05) is 89.7 Å². The Bertz CT molecular complexity index is 2420. The normalized spacial score (nSPS) is 14.4. The number of aryl methyl sites for hydroxylation is 3. The summed E-state index contributed by atoms with van der Waals surface area (Å²) in [5.74, 6) is -0.500. The number of hydrogen-bond donors (Lipinski definition) is 0. The van der Waals surface area contributed by atoms with Gasteiger partial charge in [-0.3, -0.25) is 9.36 Å². The Morgan fingerprint density at radius 1 is 0.920 bits per heavy atom. The summed E-state index contributed by atoms with van der Waals surface area (Å²) in [7, 11) is 0. The van der Waals surface area contributed by atoms with E-state index in [2.05, 4.69) is 32.9 Å². The molecule has 7 rings (SSSR count). The fourth-order valence-corrected chi connectivity index (χ4v) is 8.03. The molecule has 0 fully saturated rings. The smallest absolute Gasteiger partial charge is 0.338 e. The first-order chi connectivity index (χ1) is 24.2. The van der Waals surface area contributed by atoms with Gasteiger partial charge in [-0.2, -0.15) is 5.10 Å². The number of rotatable bonds is 8. The van der Waals surface area contributed by atoms with E-state index in [1.807, 2.05) is 115 Å². The third kappa shape index (κ3) is 6.42. The van der Waals surface area contributed by atoms with Gasteiger partial charge >= 0.3 is 5.97 Å². The van der Waals surface area contributed by atoms with Gasteiger partial charge in [-0.25, -0.2) is 14.5 Å². The van der Waals surface area contributed by atoms with Crippen LogP contribution in [0.4, 0.5) is 0 Å². The Morgan fingerprint density at radius 2 is 1.58 bits per heavy atom. The van der Waals surface area contributed by atoms with Crippen molar-refractivity contribution in [2.24, 2.45) is 4.99 Å². The Kier molecular flexibility index (Phi) is 9.27. The van der Waals surface area contributed by atoms with E-state index in [0.717, 1.165) is 49.7 Å². The van der Waals surface area contributed by atoms with Crippen LogP contribution >= 0.6 is 23.1 Å². The summed E-state index contributed by atoms with van der Waals surface area (Å²) in [6.07, 6.45) is 5.89. The summed E-state index contributed by atoms with van der Waals surface area (Å²) in [5, 5.41) is 5.07. The molecule has 1 unspecified atom stereocenters. The average Bonchev–Trinajstić information content (AvgIpc) is 3.67. The van der Waals surface area contributed by atoms with Crippen LogP contribution in [0.2, 0.25) is 0 Å². The Labute approximate surface area is 298 Å². The van der Waals surface area contributed by atoms with Crippen LogP contribution in [-0.2, 0) is 16.1 Å². The van der Waals surface area contributed by atoms with Crippen LogP contribution in [0, 0.1) is 20.8 Å². The molecule has 2 aromatic heterocycles. The molecule has 0 saturated heterocycles. The Morgan fingerprint density at radius 3 is 2.24 bits per heavy atom. The van der Waals surface area contributed by atoms with Crippen LogP contribution in [0.25, 0.3) is 23.0 Å². The SMILES string of the molecule is CSc1ccc(C2C(C(=O)OCc3ccccc3)=C(C)N=c3sc(=Cc4cn(-c5ccccc5)nc4-c4c(C)cc(C)cc4C)c(=O)n32)cc1. The van der Waals surface area contributed by atoms with Gasteiger partial charge in [0.05, 0.1) is 27.5 Å². The molecule has 7 nitrogen and oxygen atoms in total. The number of ether oxygens (including phenoxy) is 1. The summed E-state index contributed by atoms with van der Waals surface area (Å²) < 4.78 is 9.84. The van der Waals surface area contributed by atoms with E-state index in [1.165, 1.54) is 16.9 Å². The van der Waals surface area contributed by atoms with E-state index >= 15 is 0 Å². The lowest BCUT2D eigenvalue weighted by Crippen LogP contribution is -2.39. The molecule has 0 aliphatic carbocycles. The summed E-state index contributed by atoms with van der Waals surface area (Å²) in [6, 6.07) is 31.1. The molecule has 0 spiro atoms. The number of carbonyl (C=O) groups excluding carboxylic acids is 1. The van der Waals surface area contributed by atoms with Crippen LogP contribution in [0.15, 0.2) is 129 Å². The highest BCUT2D eigenvalue weighted by molar-refractivity contribution is 7.98. The number of benzene rings is 4. The van der Waals surface area contributed by atoms with Gasteiger partial charge < -0.3 is 4.74 Å². The Balaban J connectivity index is 1.39. The molecule has 1 aliphatic rings. The molecule has 9 heteroatoms. The number of aromatic nitrogens is 3. The highest BCUT2D eigenvalue weighted by atomic mass is 32.2. The maximum absolute atomic E-state index is 14.6. The van der Waals surface area contributed by atoms with Gasteiger partial charge in [-0.05, 0) is 86.5 Å². The van der Waals surface area contributed by atoms with E-state index < -0.39 is 12.0 Å². The predicted octanol–water partition coefficient (Wildman–Crippen LogP) is 7.48. The molecular weight excluding hydrogens is 661 g/mol. The highest BCUT2D eigenvalue weighted by Crippen LogP contribution is 2.33. The largest absolute Gasteiger partial charge is 0.457 e. The zero-order valence-corrected chi connectivity index (χ0v) is 30.1. The van der Waals surface area contributed by atoms with Gasteiger partial charge in [-0.15, -0.1) is 11.8 Å². The molecule has 0 radical (unpaired) electrons. The van der Waals surface area contributed by atoms with Crippen molar-refractivity contribution in [3.63, 3.8) is 0 Å². The summed E-state index contributed by atoms with van der Waals surface area (Å²) in [4.78, 5) is 34.8. The number of nitrogens with zero attached hydrogens (tertiary/aromatic N) is 4.